The van der Waals surface area contributed by atoms with Crippen molar-refractivity contribution in [3.05, 3.63) is 255 Å². The normalized spacial score (nSPS) is 11.0. The molecule has 11 aromatic rings. The molecule has 67 heavy (non-hydrogen) atoms. The molecule has 0 saturated carbocycles. The number of fused-ring (bicyclic) bond motifs is 3. The van der Waals surface area contributed by atoms with Crippen LogP contribution < -0.4 is 28.7 Å². The highest BCUT2D eigenvalue weighted by Gasteiger charge is 2.20. The van der Waals surface area contributed by atoms with Gasteiger partial charge in [-0.05, 0) is 133 Å². The summed E-state index contributed by atoms with van der Waals surface area (Å²) in [4.78, 5) is 8.17. The molecule has 322 valence electrons. The number of ether oxygens (including phenoxy) is 4. The van der Waals surface area contributed by atoms with Crippen LogP contribution >= 0.6 is 0 Å². The second-order valence-corrected chi connectivity index (χ2v) is 15.9. The van der Waals surface area contributed by atoms with Gasteiger partial charge in [0.25, 0.3) is 0 Å². The second-order valence-electron chi connectivity index (χ2n) is 15.9. The number of benzene rings is 10. The zero-order valence-corrected chi connectivity index (χ0v) is 36.3. The average molecular weight is 870 g/mol. The molecule has 7 heteroatoms. The molecular weight excluding hydrogens is 827 g/mol. The largest absolute Gasteiger partial charge is 0.457 e. The molecule has 0 unspecified atom stereocenters. The molecule has 0 radical (unpaired) electrons. The van der Waals surface area contributed by atoms with E-state index in [1.54, 1.807) is 0 Å². The molecule has 11 rings (SSSR count). The summed E-state index contributed by atoms with van der Waals surface area (Å²) in [7, 11) is 0. The summed E-state index contributed by atoms with van der Waals surface area (Å²) in [6, 6.07) is 85.2. The third kappa shape index (κ3) is 9.11. The van der Waals surface area contributed by atoms with Crippen molar-refractivity contribution >= 4 is 55.9 Å². The number of para-hydroxylation sites is 4. The summed E-state index contributed by atoms with van der Waals surface area (Å²) < 4.78 is 25.5. The van der Waals surface area contributed by atoms with Gasteiger partial charge < -0.3 is 33.7 Å². The van der Waals surface area contributed by atoms with Crippen molar-refractivity contribution in [1.29, 1.82) is 0 Å². The highest BCUT2D eigenvalue weighted by Crippen LogP contribution is 2.44. The van der Waals surface area contributed by atoms with Gasteiger partial charge in [0.05, 0.1) is 0 Å². The lowest BCUT2D eigenvalue weighted by Crippen LogP contribution is -2.10. The summed E-state index contributed by atoms with van der Waals surface area (Å²) in [5, 5.41) is 2.13. The molecule has 0 aliphatic carbocycles. The predicted octanol–water partition coefficient (Wildman–Crippen LogP) is 17.4. The number of hydrogen-bond acceptors (Lipinski definition) is 6. The van der Waals surface area contributed by atoms with Crippen LogP contribution in [0.25, 0.3) is 21.8 Å². The Hall–Kier alpha value is -9.20. The number of nitrogens with zero attached hydrogens (tertiary/aromatic N) is 2. The van der Waals surface area contributed by atoms with Gasteiger partial charge in [-0.3, -0.25) is 0 Å². The van der Waals surface area contributed by atoms with Gasteiger partial charge in [0.15, 0.2) is 0 Å². The van der Waals surface area contributed by atoms with Crippen molar-refractivity contribution in [3.8, 4) is 46.0 Å². The minimum absolute atomic E-state index is 0.722. The highest BCUT2D eigenvalue weighted by atomic mass is 16.5. The smallest absolute Gasteiger partial charge is 0.129 e. The monoisotopic (exact) mass is 869 g/mol. The van der Waals surface area contributed by atoms with E-state index in [-0.39, 0.29) is 0 Å². The lowest BCUT2D eigenvalue weighted by atomic mass is 10.1. The molecule has 0 aliphatic rings. The highest BCUT2D eigenvalue weighted by molar-refractivity contribution is 6.10. The van der Waals surface area contributed by atoms with Crippen molar-refractivity contribution in [2.45, 2.75) is 0 Å². The maximum absolute atomic E-state index is 6.36. The van der Waals surface area contributed by atoms with Gasteiger partial charge in [0, 0.05) is 80.2 Å². The Labute approximate surface area is 388 Å². The Kier molecular flexibility index (Phi) is 11.2. The molecule has 0 saturated heterocycles. The van der Waals surface area contributed by atoms with Crippen LogP contribution in [0, 0.1) is 0 Å². The first-order valence-corrected chi connectivity index (χ1v) is 22.1. The number of aromatic amines is 1. The summed E-state index contributed by atoms with van der Waals surface area (Å²) >= 11 is 0. The number of rotatable bonds is 14. The van der Waals surface area contributed by atoms with Crippen LogP contribution in [0.2, 0.25) is 0 Å². The van der Waals surface area contributed by atoms with Crippen molar-refractivity contribution in [2.24, 2.45) is 0 Å². The maximum Gasteiger partial charge on any atom is 0.129 e. The summed E-state index contributed by atoms with van der Waals surface area (Å²) in [5.41, 5.74) is 7.64. The van der Waals surface area contributed by atoms with E-state index < -0.39 is 0 Å². The molecule has 1 N–H and O–H groups in total. The van der Waals surface area contributed by atoms with Crippen LogP contribution in [0.5, 0.6) is 46.0 Å². The average Bonchev–Trinajstić information content (AvgIpc) is 3.73. The number of hydrogen-bond donors (Lipinski definition) is 1. The Morgan fingerprint density at radius 1 is 0.224 bits per heavy atom. The van der Waals surface area contributed by atoms with Crippen LogP contribution in [0.15, 0.2) is 255 Å². The van der Waals surface area contributed by atoms with E-state index in [0.29, 0.717) is 0 Å². The summed E-state index contributed by atoms with van der Waals surface area (Å²) in [5.74, 6) is 5.95. The summed E-state index contributed by atoms with van der Waals surface area (Å²) in [6.07, 6.45) is 0. The Balaban J connectivity index is 1.03. The molecule has 7 nitrogen and oxygen atoms in total. The van der Waals surface area contributed by atoms with Crippen molar-refractivity contribution in [1.82, 2.24) is 4.98 Å². The first-order valence-electron chi connectivity index (χ1n) is 22.1. The minimum Gasteiger partial charge on any atom is -0.457 e. The molecule has 0 amide bonds. The van der Waals surface area contributed by atoms with Gasteiger partial charge in [-0.1, -0.05) is 97.1 Å². The van der Waals surface area contributed by atoms with Crippen molar-refractivity contribution in [3.63, 3.8) is 0 Å². The quantitative estimate of drug-likeness (QED) is 0.117. The molecule has 10 aromatic carbocycles. The Morgan fingerprint density at radius 3 is 0.761 bits per heavy atom. The Bertz CT molecular complexity index is 3040. The van der Waals surface area contributed by atoms with Gasteiger partial charge in [-0.25, -0.2) is 0 Å². The number of anilines is 6. The van der Waals surface area contributed by atoms with Gasteiger partial charge >= 0.3 is 0 Å². The topological polar surface area (TPSA) is 59.2 Å². The van der Waals surface area contributed by atoms with E-state index in [2.05, 4.69) is 99.7 Å². The molecular formula is C60H43N3O4. The number of H-pyrrole nitrogens is 1. The molecule has 1 aromatic heterocycles. The van der Waals surface area contributed by atoms with Gasteiger partial charge in [0.2, 0.25) is 0 Å². The maximum atomic E-state index is 6.36. The zero-order chi connectivity index (χ0) is 44.8. The minimum atomic E-state index is 0.722. The van der Waals surface area contributed by atoms with E-state index in [0.717, 1.165) is 102 Å². The van der Waals surface area contributed by atoms with Gasteiger partial charge in [-0.15, -0.1) is 0 Å². The second kappa shape index (κ2) is 18.5. The third-order valence-corrected chi connectivity index (χ3v) is 11.3. The zero-order valence-electron chi connectivity index (χ0n) is 36.3. The Morgan fingerprint density at radius 2 is 0.478 bits per heavy atom. The van der Waals surface area contributed by atoms with E-state index in [1.165, 1.54) is 0 Å². The van der Waals surface area contributed by atoms with E-state index >= 15 is 0 Å². The van der Waals surface area contributed by atoms with Crippen LogP contribution in [0.1, 0.15) is 0 Å². The van der Waals surface area contributed by atoms with Gasteiger partial charge in [-0.2, -0.15) is 0 Å². The van der Waals surface area contributed by atoms with Crippen LogP contribution in [0.3, 0.4) is 0 Å². The lowest BCUT2D eigenvalue weighted by Gasteiger charge is -2.27. The lowest BCUT2D eigenvalue weighted by molar-refractivity contribution is 0.482. The molecule has 0 spiro atoms. The first kappa shape index (κ1) is 40.6. The molecule has 0 aliphatic heterocycles. The SMILES string of the molecule is c1ccc(Oc2cccc(N(c3cccc(Oc4ccccc4)c3)c3ccc4[nH]c5ccc(N(c6cccc(Oc7ccccc7)c6)c6cccc(Oc7ccccc7)c6)cc5c4c3)c2)cc1. The standard InChI is InChI=1S/C60H43N3O4/c1-5-21-49(22-6-1)64-53-29-13-17-43(37-53)62(44-18-14-30-54(38-44)65-50-23-7-2-8-24-50)47-33-35-59-57(41-47)58-42-48(34-36-60(58)61-59)63(45-19-15-31-55(39-45)66-51-25-9-3-10-26-51)46-20-16-32-56(40-46)67-52-27-11-4-12-28-52/h1-42,61H. The number of aromatic nitrogens is 1. The fraction of sp³-hybridized carbons (Fsp3) is 0. The fourth-order valence-corrected chi connectivity index (χ4v) is 8.29. The van der Waals surface area contributed by atoms with Gasteiger partial charge in [0.1, 0.15) is 46.0 Å². The number of nitrogens with one attached hydrogen (secondary N) is 1. The summed E-state index contributed by atoms with van der Waals surface area (Å²) in [6.45, 7) is 0. The third-order valence-electron chi connectivity index (χ3n) is 11.3. The van der Waals surface area contributed by atoms with Crippen LogP contribution in [0.4, 0.5) is 34.1 Å². The van der Waals surface area contributed by atoms with E-state index in [9.17, 15) is 0 Å². The van der Waals surface area contributed by atoms with Crippen molar-refractivity contribution in [2.75, 3.05) is 9.80 Å². The molecule has 1 heterocycles. The fourth-order valence-electron chi connectivity index (χ4n) is 8.29. The van der Waals surface area contributed by atoms with Crippen molar-refractivity contribution < 1.29 is 18.9 Å². The van der Waals surface area contributed by atoms with E-state index in [1.807, 2.05) is 170 Å². The predicted molar refractivity (Wildman–Crippen MR) is 271 cm³/mol. The molecule has 0 fully saturated rings. The van der Waals surface area contributed by atoms with E-state index in [4.69, 9.17) is 18.9 Å². The molecule has 0 bridgehead atoms. The van der Waals surface area contributed by atoms with Crippen LogP contribution in [-0.2, 0) is 0 Å². The first-order chi connectivity index (χ1) is 33.1. The molecule has 0 atom stereocenters. The van der Waals surface area contributed by atoms with Crippen LogP contribution in [-0.4, -0.2) is 4.98 Å².